The summed E-state index contributed by atoms with van der Waals surface area (Å²) in [5, 5.41) is 2.80. The van der Waals surface area contributed by atoms with Crippen LogP contribution in [0.3, 0.4) is 0 Å². The highest BCUT2D eigenvalue weighted by atomic mass is 16.2. The summed E-state index contributed by atoms with van der Waals surface area (Å²) in [6, 6.07) is 8.68. The Morgan fingerprint density at radius 3 is 2.35 bits per heavy atom. The first-order valence-electron chi connectivity index (χ1n) is 5.60. The van der Waals surface area contributed by atoms with E-state index in [1.807, 2.05) is 30.4 Å². The molecule has 0 radical (unpaired) electrons. The monoisotopic (exact) mass is 228 g/mol. The van der Waals surface area contributed by atoms with E-state index in [1.165, 1.54) is 4.90 Å². The van der Waals surface area contributed by atoms with Crippen LogP contribution in [0.4, 0.5) is 10.5 Å². The first-order valence-corrected chi connectivity index (χ1v) is 5.60. The topological polar surface area (TPSA) is 49.4 Å². The Balaban J connectivity index is 1.98. The molecule has 1 aliphatic heterocycles. The van der Waals surface area contributed by atoms with Crippen LogP contribution in [0.1, 0.15) is 12.8 Å². The average Bonchev–Trinajstić information content (AvgIpc) is 2.88. The maximum atomic E-state index is 12.3. The van der Waals surface area contributed by atoms with Crippen LogP contribution in [0.15, 0.2) is 42.5 Å². The van der Waals surface area contributed by atoms with E-state index in [1.54, 1.807) is 12.1 Å². The molecule has 1 spiro atoms. The number of carbonyl (C=O) groups excluding carboxylic acids is 2. The molecule has 0 atom stereocenters. The van der Waals surface area contributed by atoms with Crippen LogP contribution < -0.4 is 10.2 Å². The molecule has 1 saturated heterocycles. The van der Waals surface area contributed by atoms with Crippen molar-refractivity contribution >= 4 is 17.6 Å². The highest BCUT2D eigenvalue weighted by Gasteiger charge is 2.51. The lowest BCUT2D eigenvalue weighted by Crippen LogP contribution is -2.44. The summed E-state index contributed by atoms with van der Waals surface area (Å²) in [5.74, 6) is -0.154. The van der Waals surface area contributed by atoms with Crippen molar-refractivity contribution in [3.8, 4) is 0 Å². The average molecular weight is 228 g/mol. The summed E-state index contributed by atoms with van der Waals surface area (Å²) in [4.78, 5) is 25.5. The molecule has 3 rings (SSSR count). The Labute approximate surface area is 98.9 Å². The van der Waals surface area contributed by atoms with Gasteiger partial charge in [0.15, 0.2) is 0 Å². The van der Waals surface area contributed by atoms with E-state index < -0.39 is 5.54 Å². The van der Waals surface area contributed by atoms with Crippen molar-refractivity contribution in [3.63, 3.8) is 0 Å². The lowest BCUT2D eigenvalue weighted by Gasteiger charge is -2.20. The molecule has 4 nitrogen and oxygen atoms in total. The second-order valence-electron chi connectivity index (χ2n) is 4.37. The summed E-state index contributed by atoms with van der Waals surface area (Å²) in [6.07, 6.45) is 5.04. The second-order valence-corrected chi connectivity index (χ2v) is 4.37. The molecule has 0 bridgehead atoms. The van der Waals surface area contributed by atoms with Crippen molar-refractivity contribution in [1.29, 1.82) is 0 Å². The quantitative estimate of drug-likeness (QED) is 0.589. The zero-order valence-corrected chi connectivity index (χ0v) is 9.22. The third-order valence-corrected chi connectivity index (χ3v) is 3.28. The van der Waals surface area contributed by atoms with Crippen molar-refractivity contribution in [2.45, 2.75) is 18.4 Å². The number of benzene rings is 1. The van der Waals surface area contributed by atoms with Crippen LogP contribution in [0.25, 0.3) is 0 Å². The zero-order chi connectivity index (χ0) is 11.9. The van der Waals surface area contributed by atoms with Crippen LogP contribution in [0.2, 0.25) is 0 Å². The smallest absolute Gasteiger partial charge is 0.322 e. The summed E-state index contributed by atoms with van der Waals surface area (Å²) >= 11 is 0. The van der Waals surface area contributed by atoms with Crippen molar-refractivity contribution in [2.75, 3.05) is 4.90 Å². The van der Waals surface area contributed by atoms with Gasteiger partial charge in [-0.15, -0.1) is 0 Å². The molecule has 0 unspecified atom stereocenters. The maximum Gasteiger partial charge on any atom is 0.329 e. The third kappa shape index (κ3) is 1.37. The van der Waals surface area contributed by atoms with Crippen molar-refractivity contribution in [2.24, 2.45) is 0 Å². The Kier molecular flexibility index (Phi) is 2.04. The zero-order valence-electron chi connectivity index (χ0n) is 9.22. The number of nitrogens with one attached hydrogen (secondary N) is 1. The molecule has 2 aliphatic rings. The van der Waals surface area contributed by atoms with Gasteiger partial charge in [-0.25, -0.2) is 9.69 Å². The lowest BCUT2D eigenvalue weighted by atomic mass is 9.97. The number of urea groups is 1. The van der Waals surface area contributed by atoms with Crippen LogP contribution in [0, 0.1) is 0 Å². The molecule has 1 fully saturated rings. The van der Waals surface area contributed by atoms with E-state index in [-0.39, 0.29) is 11.9 Å². The van der Waals surface area contributed by atoms with Gasteiger partial charge in [0.2, 0.25) is 0 Å². The van der Waals surface area contributed by atoms with Gasteiger partial charge in [-0.1, -0.05) is 30.4 Å². The van der Waals surface area contributed by atoms with E-state index >= 15 is 0 Å². The minimum absolute atomic E-state index is 0.154. The fourth-order valence-electron chi connectivity index (χ4n) is 2.36. The molecule has 17 heavy (non-hydrogen) atoms. The Morgan fingerprint density at radius 1 is 1.06 bits per heavy atom. The molecule has 3 amide bonds. The van der Waals surface area contributed by atoms with Gasteiger partial charge in [-0.3, -0.25) is 4.79 Å². The SMILES string of the molecule is O=C1NC2(CC=CC2)C(=O)N1c1ccccc1. The fourth-order valence-corrected chi connectivity index (χ4v) is 2.36. The minimum atomic E-state index is -0.729. The van der Waals surface area contributed by atoms with Gasteiger partial charge >= 0.3 is 6.03 Å². The van der Waals surface area contributed by atoms with Gasteiger partial charge in [-0.05, 0) is 25.0 Å². The number of para-hydroxylation sites is 1. The molecule has 1 N–H and O–H groups in total. The van der Waals surface area contributed by atoms with Gasteiger partial charge in [0.25, 0.3) is 5.91 Å². The largest absolute Gasteiger partial charge is 0.329 e. The number of imide groups is 1. The molecular formula is C13H12N2O2. The summed E-state index contributed by atoms with van der Waals surface area (Å²) in [5.41, 5.74) is -0.105. The van der Waals surface area contributed by atoms with E-state index in [4.69, 9.17) is 0 Å². The first kappa shape index (κ1) is 10.1. The molecule has 1 heterocycles. The Hall–Kier alpha value is -2.10. The van der Waals surface area contributed by atoms with Gasteiger partial charge in [-0.2, -0.15) is 0 Å². The van der Waals surface area contributed by atoms with Gasteiger partial charge in [0, 0.05) is 0 Å². The molecule has 1 aliphatic carbocycles. The van der Waals surface area contributed by atoms with E-state index in [0.717, 1.165) is 0 Å². The summed E-state index contributed by atoms with van der Waals surface area (Å²) in [6.45, 7) is 0. The van der Waals surface area contributed by atoms with Crippen LogP contribution >= 0.6 is 0 Å². The van der Waals surface area contributed by atoms with E-state index in [0.29, 0.717) is 18.5 Å². The van der Waals surface area contributed by atoms with Crippen molar-refractivity contribution < 1.29 is 9.59 Å². The lowest BCUT2D eigenvalue weighted by molar-refractivity contribution is -0.121. The first-order chi connectivity index (χ1) is 8.23. The predicted molar refractivity (Wildman–Crippen MR) is 63.6 cm³/mol. The summed E-state index contributed by atoms with van der Waals surface area (Å²) in [7, 11) is 0. The minimum Gasteiger partial charge on any atom is -0.322 e. The van der Waals surface area contributed by atoms with Crippen molar-refractivity contribution in [1.82, 2.24) is 5.32 Å². The second kappa shape index (κ2) is 3.45. The predicted octanol–water partition coefficient (Wildman–Crippen LogP) is 1.83. The fraction of sp³-hybridized carbons (Fsp3) is 0.231. The molecular weight excluding hydrogens is 216 g/mol. The number of hydrogen-bond acceptors (Lipinski definition) is 2. The van der Waals surface area contributed by atoms with E-state index in [9.17, 15) is 9.59 Å². The number of carbonyl (C=O) groups is 2. The Morgan fingerprint density at radius 2 is 1.71 bits per heavy atom. The molecule has 0 saturated carbocycles. The molecule has 4 heteroatoms. The molecule has 86 valence electrons. The van der Waals surface area contributed by atoms with Crippen LogP contribution in [-0.4, -0.2) is 17.5 Å². The van der Waals surface area contributed by atoms with Gasteiger partial charge in [0.05, 0.1) is 5.69 Å². The van der Waals surface area contributed by atoms with Gasteiger partial charge in [0.1, 0.15) is 5.54 Å². The number of hydrogen-bond donors (Lipinski definition) is 1. The number of nitrogens with zero attached hydrogens (tertiary/aromatic N) is 1. The number of anilines is 1. The standard InChI is InChI=1S/C13H12N2O2/c16-11-13(8-4-5-9-13)14-12(17)15(11)10-6-2-1-3-7-10/h1-7H,8-9H2,(H,14,17). The highest BCUT2D eigenvalue weighted by Crippen LogP contribution is 2.33. The summed E-state index contributed by atoms with van der Waals surface area (Å²) < 4.78 is 0. The molecule has 1 aromatic rings. The number of amides is 3. The van der Waals surface area contributed by atoms with Crippen LogP contribution in [-0.2, 0) is 4.79 Å². The van der Waals surface area contributed by atoms with Crippen molar-refractivity contribution in [3.05, 3.63) is 42.5 Å². The van der Waals surface area contributed by atoms with Gasteiger partial charge < -0.3 is 5.32 Å². The highest BCUT2D eigenvalue weighted by molar-refractivity contribution is 6.23. The maximum absolute atomic E-state index is 12.3. The normalized spacial score (nSPS) is 21.3. The molecule has 1 aromatic carbocycles. The molecule has 0 aromatic heterocycles. The van der Waals surface area contributed by atoms with Crippen LogP contribution in [0.5, 0.6) is 0 Å². The Bertz CT molecular complexity index is 499. The van der Waals surface area contributed by atoms with E-state index in [2.05, 4.69) is 5.32 Å². The third-order valence-electron chi connectivity index (χ3n) is 3.28. The number of rotatable bonds is 1.